The molecule has 0 aliphatic heterocycles. The number of rotatable bonds is 10. The van der Waals surface area contributed by atoms with Crippen molar-refractivity contribution in [2.24, 2.45) is 0 Å². The van der Waals surface area contributed by atoms with Gasteiger partial charge in [0.25, 0.3) is 5.91 Å². The number of halogens is 1. The summed E-state index contributed by atoms with van der Waals surface area (Å²) in [5.41, 5.74) is 2.31. The molecule has 13 heteroatoms. The highest BCUT2D eigenvalue weighted by Gasteiger charge is 2.22. The molecule has 1 amide bonds. The van der Waals surface area contributed by atoms with E-state index in [1.807, 2.05) is 6.92 Å². The van der Waals surface area contributed by atoms with Crippen molar-refractivity contribution in [3.63, 3.8) is 0 Å². The van der Waals surface area contributed by atoms with E-state index >= 15 is 0 Å². The minimum atomic E-state index is -3.71. The van der Waals surface area contributed by atoms with Gasteiger partial charge in [-0.1, -0.05) is 17.7 Å². The summed E-state index contributed by atoms with van der Waals surface area (Å²) in [4.78, 5) is 26.1. The van der Waals surface area contributed by atoms with Gasteiger partial charge in [0.1, 0.15) is 11.6 Å². The van der Waals surface area contributed by atoms with Gasteiger partial charge in [-0.25, -0.2) is 23.1 Å². The Morgan fingerprint density at radius 1 is 0.826 bits per heavy atom. The Balaban J connectivity index is 1.20. The van der Waals surface area contributed by atoms with Crippen LogP contribution in [0.25, 0.3) is 0 Å². The summed E-state index contributed by atoms with van der Waals surface area (Å²) in [6, 6.07) is 23.6. The van der Waals surface area contributed by atoms with Crippen molar-refractivity contribution in [1.82, 2.24) is 19.7 Å². The second-order valence-electron chi connectivity index (χ2n) is 11.3. The average molecular weight is 658 g/mol. The minimum Gasteiger partial charge on any atom is -0.439 e. The Hall–Kier alpha value is -5.04. The third kappa shape index (κ3) is 8.78. The van der Waals surface area contributed by atoms with E-state index in [-0.39, 0.29) is 10.8 Å². The fourth-order valence-corrected chi connectivity index (χ4v) is 5.73. The van der Waals surface area contributed by atoms with Gasteiger partial charge < -0.3 is 20.7 Å². The lowest BCUT2D eigenvalue weighted by Gasteiger charge is -2.20. The van der Waals surface area contributed by atoms with Crippen LogP contribution in [-0.4, -0.2) is 34.8 Å². The van der Waals surface area contributed by atoms with Crippen LogP contribution >= 0.6 is 11.6 Å². The largest absolute Gasteiger partial charge is 0.439 e. The molecule has 0 spiro atoms. The Kier molecular flexibility index (Phi) is 9.52. The first-order valence-corrected chi connectivity index (χ1v) is 16.0. The van der Waals surface area contributed by atoms with Crippen LogP contribution in [-0.2, 0) is 10.0 Å². The van der Waals surface area contributed by atoms with Crippen molar-refractivity contribution in [3.8, 4) is 11.6 Å². The van der Waals surface area contributed by atoms with Crippen molar-refractivity contribution >= 4 is 56.4 Å². The molecule has 0 saturated heterocycles. The standard InChI is InChI=1S/C33H32ClN7O4S/c1-21-19-36-32(40-30(21)37-25-6-5-7-28(18-25)46(43,44)41-33(2,3)4)39-24-12-8-22(9-13-24)31(42)38-26-14-17-29(35-20-26)45-27-15-10-23(34)11-16-27/h5-20,41H,1-4H3,(H,38,42)(H2,36,37,39,40). The Labute approximate surface area is 272 Å². The predicted octanol–water partition coefficient (Wildman–Crippen LogP) is 7.44. The Morgan fingerprint density at radius 3 is 2.22 bits per heavy atom. The fraction of sp³-hybridized carbons (Fsp3) is 0.152. The number of anilines is 5. The molecular formula is C33H32ClN7O4S. The topological polar surface area (TPSA) is 147 Å². The quantitative estimate of drug-likeness (QED) is 0.120. The van der Waals surface area contributed by atoms with Crippen LogP contribution in [0.4, 0.5) is 28.8 Å². The van der Waals surface area contributed by atoms with Gasteiger partial charge in [-0.2, -0.15) is 4.98 Å². The average Bonchev–Trinajstić information content (AvgIpc) is 3.00. The molecule has 4 N–H and O–H groups in total. The number of amides is 1. The van der Waals surface area contributed by atoms with Crippen molar-refractivity contribution in [3.05, 3.63) is 113 Å². The minimum absolute atomic E-state index is 0.137. The van der Waals surface area contributed by atoms with Crippen LogP contribution in [0.2, 0.25) is 5.02 Å². The number of nitrogens with zero attached hydrogens (tertiary/aromatic N) is 3. The van der Waals surface area contributed by atoms with Crippen LogP contribution in [0, 0.1) is 6.92 Å². The van der Waals surface area contributed by atoms with E-state index in [4.69, 9.17) is 16.3 Å². The van der Waals surface area contributed by atoms with Gasteiger partial charge in [0, 0.05) is 45.3 Å². The van der Waals surface area contributed by atoms with Crippen molar-refractivity contribution in [2.75, 3.05) is 16.0 Å². The molecule has 2 heterocycles. The van der Waals surface area contributed by atoms with Crippen molar-refractivity contribution < 1.29 is 17.9 Å². The molecule has 3 aromatic carbocycles. The van der Waals surface area contributed by atoms with Crippen LogP contribution < -0.4 is 25.4 Å². The van der Waals surface area contributed by atoms with E-state index in [2.05, 4.69) is 35.6 Å². The maximum absolute atomic E-state index is 12.8. The molecular weight excluding hydrogens is 626 g/mol. The molecule has 236 valence electrons. The third-order valence-corrected chi connectivity index (χ3v) is 8.26. The summed E-state index contributed by atoms with van der Waals surface area (Å²) in [5, 5.41) is 9.74. The van der Waals surface area contributed by atoms with Gasteiger partial charge in [-0.05, 0) is 100 Å². The number of aryl methyl sites for hydroxylation is 1. The normalized spacial score (nSPS) is 11.5. The first-order chi connectivity index (χ1) is 21.8. The van der Waals surface area contributed by atoms with Gasteiger partial charge >= 0.3 is 0 Å². The molecule has 46 heavy (non-hydrogen) atoms. The lowest BCUT2D eigenvalue weighted by Crippen LogP contribution is -2.40. The second-order valence-corrected chi connectivity index (χ2v) is 13.4. The Bertz CT molecular complexity index is 1950. The number of sulfonamides is 1. The number of hydrogen-bond acceptors (Lipinski definition) is 9. The lowest BCUT2D eigenvalue weighted by molar-refractivity contribution is 0.102. The van der Waals surface area contributed by atoms with Gasteiger partial charge in [0.05, 0.1) is 16.8 Å². The molecule has 0 aliphatic rings. The SMILES string of the molecule is Cc1cnc(Nc2ccc(C(=O)Nc3ccc(Oc4ccc(Cl)cc4)nc3)cc2)nc1Nc1cccc(S(=O)(=O)NC(C)(C)C)c1. The zero-order chi connectivity index (χ0) is 32.9. The summed E-state index contributed by atoms with van der Waals surface area (Å²) in [6.07, 6.45) is 3.17. The Morgan fingerprint density at radius 2 is 1.54 bits per heavy atom. The first-order valence-electron chi connectivity index (χ1n) is 14.2. The fourth-order valence-electron chi connectivity index (χ4n) is 4.14. The summed E-state index contributed by atoms with van der Waals surface area (Å²) in [5.74, 6) is 1.49. The monoisotopic (exact) mass is 657 g/mol. The highest BCUT2D eigenvalue weighted by Crippen LogP contribution is 2.25. The molecule has 0 unspecified atom stereocenters. The smallest absolute Gasteiger partial charge is 0.255 e. The number of hydrogen-bond donors (Lipinski definition) is 4. The van der Waals surface area contributed by atoms with Crippen LogP contribution in [0.5, 0.6) is 11.6 Å². The van der Waals surface area contributed by atoms with E-state index in [1.54, 1.807) is 106 Å². The summed E-state index contributed by atoms with van der Waals surface area (Å²) < 4.78 is 33.9. The molecule has 0 fully saturated rings. The van der Waals surface area contributed by atoms with E-state index in [0.717, 1.165) is 5.56 Å². The number of carbonyl (C=O) groups is 1. The molecule has 2 aromatic heterocycles. The maximum atomic E-state index is 12.8. The highest BCUT2D eigenvalue weighted by molar-refractivity contribution is 7.89. The molecule has 5 aromatic rings. The van der Waals surface area contributed by atoms with E-state index in [1.165, 1.54) is 12.3 Å². The van der Waals surface area contributed by atoms with E-state index in [0.29, 0.717) is 51.0 Å². The summed E-state index contributed by atoms with van der Waals surface area (Å²) in [7, 11) is -3.71. The van der Waals surface area contributed by atoms with Crippen molar-refractivity contribution in [2.45, 2.75) is 38.1 Å². The van der Waals surface area contributed by atoms with Gasteiger partial charge in [-0.15, -0.1) is 0 Å². The van der Waals surface area contributed by atoms with E-state index < -0.39 is 15.6 Å². The van der Waals surface area contributed by atoms with Gasteiger partial charge in [0.15, 0.2) is 0 Å². The van der Waals surface area contributed by atoms with Crippen molar-refractivity contribution in [1.29, 1.82) is 0 Å². The van der Waals surface area contributed by atoms with Crippen LogP contribution in [0.3, 0.4) is 0 Å². The number of pyridine rings is 1. The molecule has 0 saturated carbocycles. The third-order valence-electron chi connectivity index (χ3n) is 6.25. The number of nitrogens with one attached hydrogen (secondary N) is 4. The molecule has 0 aliphatic carbocycles. The summed E-state index contributed by atoms with van der Waals surface area (Å²) in [6.45, 7) is 7.20. The molecule has 0 radical (unpaired) electrons. The van der Waals surface area contributed by atoms with Gasteiger partial charge in [-0.3, -0.25) is 4.79 Å². The number of carbonyl (C=O) groups excluding carboxylic acids is 1. The van der Waals surface area contributed by atoms with Crippen LogP contribution in [0.15, 0.2) is 102 Å². The predicted molar refractivity (Wildman–Crippen MR) is 180 cm³/mol. The lowest BCUT2D eigenvalue weighted by atomic mass is 10.1. The number of ether oxygens (including phenoxy) is 1. The van der Waals surface area contributed by atoms with Crippen LogP contribution in [0.1, 0.15) is 36.7 Å². The number of benzene rings is 3. The molecule has 5 rings (SSSR count). The highest BCUT2D eigenvalue weighted by atomic mass is 35.5. The van der Waals surface area contributed by atoms with E-state index in [9.17, 15) is 13.2 Å². The molecule has 0 bridgehead atoms. The first kappa shape index (κ1) is 32.4. The molecule has 11 nitrogen and oxygen atoms in total. The molecule has 0 atom stereocenters. The second kappa shape index (κ2) is 13.5. The zero-order valence-corrected chi connectivity index (χ0v) is 27.1. The zero-order valence-electron chi connectivity index (χ0n) is 25.5. The number of aromatic nitrogens is 3. The van der Waals surface area contributed by atoms with Gasteiger partial charge in [0.2, 0.25) is 21.9 Å². The summed E-state index contributed by atoms with van der Waals surface area (Å²) >= 11 is 5.90. The maximum Gasteiger partial charge on any atom is 0.255 e.